The van der Waals surface area contributed by atoms with Crippen LogP contribution in [0.3, 0.4) is 0 Å². The van der Waals surface area contributed by atoms with Gasteiger partial charge in [-0.2, -0.15) is 0 Å². The van der Waals surface area contributed by atoms with Gasteiger partial charge in [0.25, 0.3) is 0 Å². The van der Waals surface area contributed by atoms with Crippen LogP contribution in [0.25, 0.3) is 0 Å². The molecule has 0 amide bonds. The van der Waals surface area contributed by atoms with E-state index < -0.39 is 5.60 Å². The molecule has 0 bridgehead atoms. The minimum atomic E-state index is -0.847. The van der Waals surface area contributed by atoms with Crippen LogP contribution in [-0.2, 0) is 5.60 Å². The number of aliphatic hydroxyl groups is 1. The number of rotatable bonds is 2. The number of aromatic nitrogens is 1. The molecule has 0 aliphatic heterocycles. The molecule has 0 atom stereocenters. The molecule has 0 aromatic carbocycles. The predicted octanol–water partition coefficient (Wildman–Crippen LogP) is 0.595. The number of nitrogens with two attached hydrogens (primary N) is 1. The van der Waals surface area contributed by atoms with E-state index in [0.29, 0.717) is 5.82 Å². The summed E-state index contributed by atoms with van der Waals surface area (Å²) in [6.07, 6.45) is 1.59. The lowest BCUT2D eigenvalue weighted by molar-refractivity contribution is 0.0782. The molecule has 66 valence electrons. The monoisotopic (exact) mass is 167 g/mol. The van der Waals surface area contributed by atoms with Crippen molar-refractivity contribution in [3.63, 3.8) is 0 Å². The Morgan fingerprint density at radius 3 is 2.50 bits per heavy atom. The highest BCUT2D eigenvalue weighted by Crippen LogP contribution is 2.18. The second-order valence-electron chi connectivity index (χ2n) is 3.14. The zero-order valence-electron chi connectivity index (χ0n) is 7.20. The Morgan fingerprint density at radius 2 is 2.17 bits per heavy atom. The van der Waals surface area contributed by atoms with Gasteiger partial charge in [0.2, 0.25) is 0 Å². The minimum absolute atomic E-state index is 0.586. The Morgan fingerprint density at radius 1 is 1.50 bits per heavy atom. The summed E-state index contributed by atoms with van der Waals surface area (Å²) in [5.41, 5.74) is 2.33. The molecule has 1 aromatic heterocycles. The second-order valence-corrected chi connectivity index (χ2v) is 3.14. The molecule has 1 heterocycles. The summed E-state index contributed by atoms with van der Waals surface area (Å²) in [6.45, 7) is 3.42. The summed E-state index contributed by atoms with van der Waals surface area (Å²) in [4.78, 5) is 3.97. The standard InChI is InChI=1S/C8H13N3O/c1-8(2,12)6-3-4-7(11-9)10-5-6/h3-5,12H,9H2,1-2H3,(H,10,11). The number of nitrogens with zero attached hydrogens (tertiary/aromatic N) is 1. The fourth-order valence-electron chi connectivity index (χ4n) is 0.841. The fraction of sp³-hybridized carbons (Fsp3) is 0.375. The summed E-state index contributed by atoms with van der Waals surface area (Å²) in [5.74, 6) is 5.72. The van der Waals surface area contributed by atoms with Crippen LogP contribution >= 0.6 is 0 Å². The quantitative estimate of drug-likeness (QED) is 0.445. The van der Waals surface area contributed by atoms with Gasteiger partial charge in [-0.15, -0.1) is 0 Å². The normalized spacial score (nSPS) is 11.3. The van der Waals surface area contributed by atoms with Crippen molar-refractivity contribution in [2.45, 2.75) is 19.4 Å². The number of pyridine rings is 1. The molecule has 4 nitrogen and oxygen atoms in total. The summed E-state index contributed by atoms with van der Waals surface area (Å²) in [7, 11) is 0. The lowest BCUT2D eigenvalue weighted by atomic mass is 10.0. The van der Waals surface area contributed by atoms with Crippen LogP contribution in [0.4, 0.5) is 5.82 Å². The molecule has 0 spiro atoms. The van der Waals surface area contributed by atoms with Crippen molar-refractivity contribution < 1.29 is 5.11 Å². The zero-order valence-corrected chi connectivity index (χ0v) is 7.20. The summed E-state index contributed by atoms with van der Waals surface area (Å²) in [6, 6.07) is 3.50. The van der Waals surface area contributed by atoms with Crippen molar-refractivity contribution in [2.24, 2.45) is 5.84 Å². The first-order valence-electron chi connectivity index (χ1n) is 3.69. The highest BCUT2D eigenvalue weighted by molar-refractivity contribution is 5.34. The molecule has 0 radical (unpaired) electrons. The smallest absolute Gasteiger partial charge is 0.139 e. The van der Waals surface area contributed by atoms with Gasteiger partial charge in [0.1, 0.15) is 5.82 Å². The molecule has 0 aliphatic carbocycles. The van der Waals surface area contributed by atoms with E-state index in [2.05, 4.69) is 10.4 Å². The summed E-state index contributed by atoms with van der Waals surface area (Å²) < 4.78 is 0. The average molecular weight is 167 g/mol. The molecule has 4 N–H and O–H groups in total. The van der Waals surface area contributed by atoms with E-state index in [1.54, 1.807) is 32.2 Å². The molecule has 0 aliphatic rings. The third-order valence-electron chi connectivity index (χ3n) is 1.62. The second kappa shape index (κ2) is 3.08. The van der Waals surface area contributed by atoms with Gasteiger partial charge in [0, 0.05) is 11.8 Å². The topological polar surface area (TPSA) is 71.2 Å². The van der Waals surface area contributed by atoms with Gasteiger partial charge in [0.15, 0.2) is 0 Å². The highest BCUT2D eigenvalue weighted by Gasteiger charge is 2.15. The van der Waals surface area contributed by atoms with E-state index >= 15 is 0 Å². The number of hydrogen-bond acceptors (Lipinski definition) is 4. The number of hydrazine groups is 1. The van der Waals surface area contributed by atoms with E-state index in [1.165, 1.54) is 0 Å². The van der Waals surface area contributed by atoms with E-state index in [9.17, 15) is 5.11 Å². The lowest BCUT2D eigenvalue weighted by Crippen LogP contribution is -2.16. The van der Waals surface area contributed by atoms with Gasteiger partial charge in [0.05, 0.1) is 5.60 Å². The third kappa shape index (κ3) is 1.93. The van der Waals surface area contributed by atoms with Crippen molar-refractivity contribution >= 4 is 5.82 Å². The maximum absolute atomic E-state index is 9.56. The minimum Gasteiger partial charge on any atom is -0.386 e. The van der Waals surface area contributed by atoms with Crippen LogP contribution in [-0.4, -0.2) is 10.1 Å². The molecule has 4 heteroatoms. The van der Waals surface area contributed by atoms with Crippen molar-refractivity contribution in [1.29, 1.82) is 0 Å². The first-order valence-corrected chi connectivity index (χ1v) is 3.69. The van der Waals surface area contributed by atoms with Crippen LogP contribution in [0.1, 0.15) is 19.4 Å². The molecule has 0 unspecified atom stereocenters. The Bertz CT molecular complexity index is 250. The summed E-state index contributed by atoms with van der Waals surface area (Å²) >= 11 is 0. The van der Waals surface area contributed by atoms with Crippen molar-refractivity contribution in [2.75, 3.05) is 5.43 Å². The van der Waals surface area contributed by atoms with Crippen LogP contribution in [0.5, 0.6) is 0 Å². The van der Waals surface area contributed by atoms with E-state index in [4.69, 9.17) is 5.84 Å². The first-order chi connectivity index (χ1) is 5.54. The number of anilines is 1. The number of nitrogen functional groups attached to an aromatic ring is 1. The predicted molar refractivity (Wildman–Crippen MR) is 47.3 cm³/mol. The van der Waals surface area contributed by atoms with Gasteiger partial charge in [-0.3, -0.25) is 0 Å². The van der Waals surface area contributed by atoms with Crippen molar-refractivity contribution in [3.8, 4) is 0 Å². The molecule has 0 saturated carbocycles. The van der Waals surface area contributed by atoms with Crippen LogP contribution in [0.15, 0.2) is 18.3 Å². The van der Waals surface area contributed by atoms with Crippen LogP contribution < -0.4 is 11.3 Å². The van der Waals surface area contributed by atoms with Gasteiger partial charge in [-0.25, -0.2) is 10.8 Å². The van der Waals surface area contributed by atoms with E-state index in [-0.39, 0.29) is 0 Å². The molecule has 12 heavy (non-hydrogen) atoms. The van der Waals surface area contributed by atoms with Crippen LogP contribution in [0, 0.1) is 0 Å². The Labute approximate surface area is 71.4 Å². The molecular weight excluding hydrogens is 154 g/mol. The van der Waals surface area contributed by atoms with Gasteiger partial charge in [-0.1, -0.05) is 6.07 Å². The van der Waals surface area contributed by atoms with Crippen molar-refractivity contribution in [3.05, 3.63) is 23.9 Å². The van der Waals surface area contributed by atoms with Crippen molar-refractivity contribution in [1.82, 2.24) is 4.98 Å². The number of nitrogens with one attached hydrogen (secondary N) is 1. The Kier molecular flexibility index (Phi) is 2.30. The third-order valence-corrected chi connectivity index (χ3v) is 1.62. The van der Waals surface area contributed by atoms with E-state index in [0.717, 1.165) is 5.56 Å². The Balaban J connectivity index is 2.93. The van der Waals surface area contributed by atoms with E-state index in [1.807, 2.05) is 0 Å². The van der Waals surface area contributed by atoms with Crippen LogP contribution in [0.2, 0.25) is 0 Å². The molecular formula is C8H13N3O. The molecule has 0 saturated heterocycles. The fourth-order valence-corrected chi connectivity index (χ4v) is 0.841. The maximum Gasteiger partial charge on any atom is 0.139 e. The SMILES string of the molecule is CC(C)(O)c1ccc(NN)nc1. The van der Waals surface area contributed by atoms with Gasteiger partial charge in [-0.05, 0) is 19.9 Å². The van der Waals surface area contributed by atoms with Gasteiger partial charge < -0.3 is 10.5 Å². The average Bonchev–Trinajstić information content (AvgIpc) is 2.03. The molecule has 0 fully saturated rings. The Hall–Kier alpha value is -1.13. The largest absolute Gasteiger partial charge is 0.386 e. The first kappa shape index (κ1) is 8.96. The lowest BCUT2D eigenvalue weighted by Gasteiger charge is -2.16. The number of hydrogen-bond donors (Lipinski definition) is 3. The zero-order chi connectivity index (χ0) is 9.19. The highest BCUT2D eigenvalue weighted by atomic mass is 16.3. The van der Waals surface area contributed by atoms with Gasteiger partial charge >= 0.3 is 0 Å². The molecule has 1 rings (SSSR count). The summed E-state index contributed by atoms with van der Waals surface area (Å²) in [5, 5.41) is 9.56. The maximum atomic E-state index is 9.56. The molecule has 1 aromatic rings.